The molecule has 6 nitrogen and oxygen atoms in total. The molecule has 1 N–H and O–H groups in total. The van der Waals surface area contributed by atoms with Crippen LogP contribution in [0.15, 0.2) is 12.3 Å². The third kappa shape index (κ3) is 3.79. The number of amides is 2. The monoisotopic (exact) mass is 332 g/mol. The molecule has 0 saturated heterocycles. The number of hydrogen-bond acceptors (Lipinski definition) is 3. The Morgan fingerprint density at radius 1 is 1.33 bits per heavy atom. The van der Waals surface area contributed by atoms with Crippen molar-refractivity contribution in [2.45, 2.75) is 71.0 Å². The van der Waals surface area contributed by atoms with E-state index in [0.29, 0.717) is 25.4 Å². The summed E-state index contributed by atoms with van der Waals surface area (Å²) in [5.74, 6) is 0.633. The van der Waals surface area contributed by atoms with Crippen LogP contribution in [0.1, 0.15) is 64.1 Å². The summed E-state index contributed by atoms with van der Waals surface area (Å²) in [5, 5.41) is 7.47. The Kier molecular flexibility index (Phi) is 5.21. The van der Waals surface area contributed by atoms with E-state index in [1.807, 2.05) is 11.0 Å². The molecule has 1 aliphatic heterocycles. The third-order valence-corrected chi connectivity index (χ3v) is 5.09. The first kappa shape index (κ1) is 17.0. The van der Waals surface area contributed by atoms with E-state index in [1.165, 1.54) is 12.8 Å². The van der Waals surface area contributed by atoms with Crippen molar-refractivity contribution in [3.05, 3.63) is 18.0 Å². The van der Waals surface area contributed by atoms with Crippen molar-refractivity contribution in [3.63, 3.8) is 0 Å². The van der Waals surface area contributed by atoms with E-state index < -0.39 is 6.04 Å². The molecule has 1 aromatic rings. The molecule has 1 aromatic heterocycles. The van der Waals surface area contributed by atoms with Gasteiger partial charge in [0.15, 0.2) is 0 Å². The smallest absolute Gasteiger partial charge is 0.246 e. The second-order valence-electron chi connectivity index (χ2n) is 7.48. The topological polar surface area (TPSA) is 67.2 Å². The second kappa shape index (κ2) is 7.36. The summed E-state index contributed by atoms with van der Waals surface area (Å²) in [6.45, 7) is 5.21. The van der Waals surface area contributed by atoms with E-state index in [1.54, 1.807) is 10.9 Å². The third-order valence-electron chi connectivity index (χ3n) is 5.09. The molecule has 1 aliphatic carbocycles. The Labute approximate surface area is 143 Å². The number of hydrogen-bond donors (Lipinski definition) is 1. The van der Waals surface area contributed by atoms with Gasteiger partial charge in [-0.3, -0.25) is 14.3 Å². The van der Waals surface area contributed by atoms with Gasteiger partial charge in [-0.15, -0.1) is 0 Å². The van der Waals surface area contributed by atoms with Gasteiger partial charge in [0, 0.05) is 18.7 Å². The minimum atomic E-state index is -0.410. The second-order valence-corrected chi connectivity index (χ2v) is 7.48. The van der Waals surface area contributed by atoms with Crippen molar-refractivity contribution >= 4 is 11.8 Å². The first-order valence-corrected chi connectivity index (χ1v) is 9.15. The fraction of sp³-hybridized carbons (Fsp3) is 0.722. The number of nitrogens with one attached hydrogen (secondary N) is 1. The van der Waals surface area contributed by atoms with Crippen LogP contribution in [0.25, 0.3) is 0 Å². The van der Waals surface area contributed by atoms with Gasteiger partial charge in [0.05, 0.1) is 18.8 Å². The number of carbonyl (C=O) groups excluding carboxylic acids is 2. The molecule has 132 valence electrons. The van der Waals surface area contributed by atoms with Crippen LogP contribution in [-0.2, 0) is 16.1 Å². The average molecular weight is 332 g/mol. The van der Waals surface area contributed by atoms with Crippen molar-refractivity contribution in [3.8, 4) is 0 Å². The van der Waals surface area contributed by atoms with Gasteiger partial charge >= 0.3 is 0 Å². The Morgan fingerprint density at radius 2 is 2.08 bits per heavy atom. The van der Waals surface area contributed by atoms with E-state index in [-0.39, 0.29) is 17.9 Å². The number of carbonyl (C=O) groups is 2. The Hall–Kier alpha value is -1.85. The molecule has 0 bridgehead atoms. The lowest BCUT2D eigenvalue weighted by molar-refractivity contribution is -0.136. The average Bonchev–Trinajstić information content (AvgIpc) is 3.22. The molecule has 0 spiro atoms. The fourth-order valence-corrected chi connectivity index (χ4v) is 3.62. The van der Waals surface area contributed by atoms with E-state index in [9.17, 15) is 9.59 Å². The van der Waals surface area contributed by atoms with Crippen LogP contribution in [0, 0.1) is 5.92 Å². The summed E-state index contributed by atoms with van der Waals surface area (Å²) in [7, 11) is 0. The molecular formula is C18H28N4O2. The van der Waals surface area contributed by atoms with E-state index >= 15 is 0 Å². The standard InChI is InChI=1S/C18H28N4O2/c1-13(2)7-8-17(23)21-11-15-9-10-19-22(15)16(12-21)18(24)20-14-5-3-4-6-14/h9-10,13-14,16H,3-8,11-12H2,1-2H3,(H,20,24). The molecule has 3 rings (SSSR count). The van der Waals surface area contributed by atoms with Crippen LogP contribution in [0.4, 0.5) is 0 Å². The minimum Gasteiger partial charge on any atom is -0.351 e. The van der Waals surface area contributed by atoms with Gasteiger partial charge in [-0.05, 0) is 31.2 Å². The van der Waals surface area contributed by atoms with Crippen molar-refractivity contribution in [1.29, 1.82) is 0 Å². The number of nitrogens with zero attached hydrogens (tertiary/aromatic N) is 3. The quantitative estimate of drug-likeness (QED) is 0.899. The summed E-state index contributed by atoms with van der Waals surface area (Å²) in [4.78, 5) is 27.1. The Bertz CT molecular complexity index is 590. The van der Waals surface area contributed by atoms with Crippen LogP contribution in [-0.4, -0.2) is 39.1 Å². The molecule has 0 aromatic carbocycles. The largest absolute Gasteiger partial charge is 0.351 e. The maximum Gasteiger partial charge on any atom is 0.246 e. The van der Waals surface area contributed by atoms with Gasteiger partial charge in [0.25, 0.3) is 0 Å². The Morgan fingerprint density at radius 3 is 2.79 bits per heavy atom. The number of fused-ring (bicyclic) bond motifs is 1. The van der Waals surface area contributed by atoms with Gasteiger partial charge in [0.1, 0.15) is 6.04 Å². The Balaban J connectivity index is 1.69. The predicted molar refractivity (Wildman–Crippen MR) is 91.2 cm³/mol. The maximum absolute atomic E-state index is 12.7. The summed E-state index contributed by atoms with van der Waals surface area (Å²) in [6, 6.07) is 1.77. The molecule has 0 radical (unpaired) electrons. The summed E-state index contributed by atoms with van der Waals surface area (Å²) >= 11 is 0. The summed E-state index contributed by atoms with van der Waals surface area (Å²) in [5.41, 5.74) is 0.936. The van der Waals surface area contributed by atoms with Crippen molar-refractivity contribution in [2.24, 2.45) is 5.92 Å². The zero-order chi connectivity index (χ0) is 17.1. The van der Waals surface area contributed by atoms with Gasteiger partial charge in [-0.25, -0.2) is 0 Å². The maximum atomic E-state index is 12.7. The van der Waals surface area contributed by atoms with Gasteiger partial charge in [-0.2, -0.15) is 5.10 Å². The first-order chi connectivity index (χ1) is 11.5. The molecule has 2 amide bonds. The molecule has 24 heavy (non-hydrogen) atoms. The molecule has 6 heteroatoms. The molecule has 2 aliphatic rings. The zero-order valence-electron chi connectivity index (χ0n) is 14.7. The summed E-state index contributed by atoms with van der Waals surface area (Å²) < 4.78 is 1.79. The zero-order valence-corrected chi connectivity index (χ0v) is 14.7. The van der Waals surface area contributed by atoms with Crippen LogP contribution in [0.3, 0.4) is 0 Å². The van der Waals surface area contributed by atoms with E-state index in [0.717, 1.165) is 25.0 Å². The molecule has 1 saturated carbocycles. The van der Waals surface area contributed by atoms with Crippen LogP contribution < -0.4 is 5.32 Å². The van der Waals surface area contributed by atoms with Crippen LogP contribution in [0.2, 0.25) is 0 Å². The lowest BCUT2D eigenvalue weighted by Gasteiger charge is -2.34. The molecule has 1 unspecified atom stereocenters. The fourth-order valence-electron chi connectivity index (χ4n) is 3.62. The van der Waals surface area contributed by atoms with Gasteiger partial charge in [-0.1, -0.05) is 26.7 Å². The van der Waals surface area contributed by atoms with Crippen LogP contribution in [0.5, 0.6) is 0 Å². The lowest BCUT2D eigenvalue weighted by atomic mass is 10.1. The highest BCUT2D eigenvalue weighted by Crippen LogP contribution is 2.24. The van der Waals surface area contributed by atoms with Gasteiger partial charge in [0.2, 0.25) is 11.8 Å². The highest BCUT2D eigenvalue weighted by molar-refractivity contribution is 5.83. The van der Waals surface area contributed by atoms with Gasteiger partial charge < -0.3 is 10.2 Å². The van der Waals surface area contributed by atoms with Crippen molar-refractivity contribution in [2.75, 3.05) is 6.54 Å². The number of rotatable bonds is 5. The van der Waals surface area contributed by atoms with E-state index in [2.05, 4.69) is 24.3 Å². The predicted octanol–water partition coefficient (Wildman–Crippen LogP) is 2.26. The van der Waals surface area contributed by atoms with Crippen molar-refractivity contribution in [1.82, 2.24) is 20.0 Å². The first-order valence-electron chi connectivity index (χ1n) is 9.15. The minimum absolute atomic E-state index is 0.00629. The van der Waals surface area contributed by atoms with Crippen LogP contribution >= 0.6 is 0 Å². The summed E-state index contributed by atoms with van der Waals surface area (Å²) in [6.07, 6.45) is 7.62. The highest BCUT2D eigenvalue weighted by Gasteiger charge is 2.34. The molecule has 1 fully saturated rings. The number of aromatic nitrogens is 2. The SMILES string of the molecule is CC(C)CCC(=O)N1Cc2ccnn2C(C(=O)NC2CCCC2)C1. The highest BCUT2D eigenvalue weighted by atomic mass is 16.2. The van der Waals surface area contributed by atoms with E-state index in [4.69, 9.17) is 0 Å². The normalized spacial score (nSPS) is 21.1. The molecule has 1 atom stereocenters. The molecule has 2 heterocycles. The molecular weight excluding hydrogens is 304 g/mol. The van der Waals surface area contributed by atoms with Crippen molar-refractivity contribution < 1.29 is 9.59 Å². The lowest BCUT2D eigenvalue weighted by Crippen LogP contribution is -2.48.